The van der Waals surface area contributed by atoms with E-state index in [9.17, 15) is 18.0 Å². The standard InChI is InChI=1S/C16H30O7S.3Na.3H/c1-3-5-7-9-11-22-15(17)13-14(24(19,20)21)16(18)23-12-10-8-6-4-2;;;;;;/h14H,3-13H2,1-2H3,(H,19,20,21);;;;;;. The first-order chi connectivity index (χ1) is 11.3. The molecule has 0 heterocycles. The first-order valence-electron chi connectivity index (χ1n) is 8.61. The van der Waals surface area contributed by atoms with E-state index in [1.807, 2.05) is 6.92 Å². The van der Waals surface area contributed by atoms with Gasteiger partial charge in [0.2, 0.25) is 0 Å². The van der Waals surface area contributed by atoms with Gasteiger partial charge in [-0.3, -0.25) is 14.1 Å². The average molecular weight is 438 g/mol. The molecule has 0 radical (unpaired) electrons. The third-order valence-electron chi connectivity index (χ3n) is 3.48. The minimum atomic E-state index is -4.72. The molecule has 148 valence electrons. The molecule has 1 atom stereocenters. The predicted molar refractivity (Wildman–Crippen MR) is 112 cm³/mol. The van der Waals surface area contributed by atoms with E-state index < -0.39 is 33.7 Å². The Hall–Kier alpha value is 1.85. The summed E-state index contributed by atoms with van der Waals surface area (Å²) >= 11 is 0. The van der Waals surface area contributed by atoms with Crippen molar-refractivity contribution in [2.24, 2.45) is 0 Å². The molecule has 7 nitrogen and oxygen atoms in total. The van der Waals surface area contributed by atoms with Gasteiger partial charge in [0, 0.05) is 0 Å². The fourth-order valence-corrected chi connectivity index (χ4v) is 2.69. The molecule has 27 heavy (non-hydrogen) atoms. The number of esters is 2. The quantitative estimate of drug-likeness (QED) is 0.186. The van der Waals surface area contributed by atoms with E-state index in [-0.39, 0.29) is 102 Å². The van der Waals surface area contributed by atoms with Crippen LogP contribution in [-0.2, 0) is 29.2 Å². The Kier molecular flexibility index (Phi) is 30.2. The summed E-state index contributed by atoms with van der Waals surface area (Å²) in [7, 11) is -4.72. The third-order valence-corrected chi connectivity index (χ3v) is 4.56. The van der Waals surface area contributed by atoms with Gasteiger partial charge in [-0.2, -0.15) is 8.42 Å². The Bertz CT molecular complexity index is 473. The van der Waals surface area contributed by atoms with Gasteiger partial charge in [-0.25, -0.2) is 0 Å². The molecule has 0 rings (SSSR count). The van der Waals surface area contributed by atoms with Crippen LogP contribution in [0, 0.1) is 0 Å². The molecule has 0 bridgehead atoms. The summed E-state index contributed by atoms with van der Waals surface area (Å²) in [5, 5.41) is -1.92. The van der Waals surface area contributed by atoms with Crippen LogP contribution in [0.25, 0.3) is 0 Å². The van der Waals surface area contributed by atoms with Crippen molar-refractivity contribution in [3.63, 3.8) is 0 Å². The van der Waals surface area contributed by atoms with E-state index in [1.54, 1.807) is 0 Å². The van der Waals surface area contributed by atoms with Crippen LogP contribution in [-0.4, -0.2) is 132 Å². The van der Waals surface area contributed by atoms with Crippen LogP contribution in [0.5, 0.6) is 0 Å². The molecule has 0 fully saturated rings. The van der Waals surface area contributed by atoms with Crippen molar-refractivity contribution < 1.29 is 32.0 Å². The van der Waals surface area contributed by atoms with E-state index in [0.717, 1.165) is 38.5 Å². The molecule has 0 aliphatic rings. The van der Waals surface area contributed by atoms with Crippen LogP contribution in [0.1, 0.15) is 71.6 Å². The topological polar surface area (TPSA) is 107 Å². The van der Waals surface area contributed by atoms with E-state index >= 15 is 0 Å². The Morgan fingerprint density at radius 2 is 1.26 bits per heavy atom. The molecule has 0 saturated heterocycles. The molecule has 0 aliphatic carbocycles. The second-order valence-electron chi connectivity index (χ2n) is 5.72. The van der Waals surface area contributed by atoms with Crippen molar-refractivity contribution in [3.8, 4) is 0 Å². The first kappa shape index (κ1) is 36.2. The SMILES string of the molecule is CCCCCCOC(=O)CC(C(=O)OCCCCCC)S(=O)(=O)O.[NaH].[NaH].[NaH]. The Morgan fingerprint density at radius 3 is 1.67 bits per heavy atom. The van der Waals surface area contributed by atoms with E-state index in [0.29, 0.717) is 12.8 Å². The van der Waals surface area contributed by atoms with Crippen LogP contribution in [0.15, 0.2) is 0 Å². The molecule has 1 unspecified atom stereocenters. The van der Waals surface area contributed by atoms with Crippen LogP contribution >= 0.6 is 0 Å². The predicted octanol–water partition coefficient (Wildman–Crippen LogP) is 0.934. The summed E-state index contributed by atoms with van der Waals surface area (Å²) in [6.45, 7) is 4.32. The third kappa shape index (κ3) is 20.9. The molecule has 0 aromatic carbocycles. The summed E-state index contributed by atoms with van der Waals surface area (Å²) in [4.78, 5) is 23.5. The average Bonchev–Trinajstić information content (AvgIpc) is 2.51. The van der Waals surface area contributed by atoms with Gasteiger partial charge in [0.15, 0.2) is 5.25 Å². The Labute approximate surface area is 230 Å². The van der Waals surface area contributed by atoms with Crippen molar-refractivity contribution in [1.29, 1.82) is 0 Å². The number of carbonyl (C=O) groups excluding carboxylic acids is 2. The minimum absolute atomic E-state index is 0. The zero-order valence-electron chi connectivity index (χ0n) is 14.7. The number of carbonyl (C=O) groups is 2. The molecule has 0 spiro atoms. The van der Waals surface area contributed by atoms with E-state index in [2.05, 4.69) is 6.92 Å². The van der Waals surface area contributed by atoms with Gasteiger partial charge in [0.05, 0.1) is 19.6 Å². The second-order valence-corrected chi connectivity index (χ2v) is 7.32. The van der Waals surface area contributed by atoms with E-state index in [1.165, 1.54) is 0 Å². The molecule has 0 aliphatic heterocycles. The maximum absolute atomic E-state index is 11.8. The number of hydrogen-bond acceptors (Lipinski definition) is 6. The molecule has 0 aromatic heterocycles. The number of unbranched alkanes of at least 4 members (excludes halogenated alkanes) is 6. The zero-order chi connectivity index (χ0) is 18.4. The van der Waals surface area contributed by atoms with Gasteiger partial charge < -0.3 is 9.47 Å². The van der Waals surface area contributed by atoms with Crippen LogP contribution in [0.2, 0.25) is 0 Å². The van der Waals surface area contributed by atoms with Crippen molar-refractivity contribution in [1.82, 2.24) is 0 Å². The van der Waals surface area contributed by atoms with Crippen molar-refractivity contribution >= 4 is 111 Å². The monoisotopic (exact) mass is 438 g/mol. The fourth-order valence-electron chi connectivity index (χ4n) is 2.03. The Morgan fingerprint density at radius 1 is 0.815 bits per heavy atom. The van der Waals surface area contributed by atoms with Gasteiger partial charge >= 0.3 is 101 Å². The number of ether oxygens (including phenoxy) is 2. The Balaban J connectivity index is -0.000000882. The molecule has 0 aromatic rings. The molecular weight excluding hydrogens is 405 g/mol. The molecule has 0 amide bonds. The summed E-state index contributed by atoms with van der Waals surface area (Å²) in [5.41, 5.74) is 0. The van der Waals surface area contributed by atoms with Gasteiger partial charge in [0.1, 0.15) is 0 Å². The number of hydrogen-bond donors (Lipinski definition) is 1. The summed E-state index contributed by atoms with van der Waals surface area (Å²) in [6.07, 6.45) is 6.40. The maximum atomic E-state index is 11.8. The summed E-state index contributed by atoms with van der Waals surface area (Å²) in [5.74, 6) is -1.95. The molecule has 1 N–H and O–H groups in total. The summed E-state index contributed by atoms with van der Waals surface area (Å²) < 4.78 is 41.5. The van der Waals surface area contributed by atoms with Crippen molar-refractivity contribution in [3.05, 3.63) is 0 Å². The van der Waals surface area contributed by atoms with Crippen molar-refractivity contribution in [2.45, 2.75) is 76.9 Å². The normalized spacial score (nSPS) is 11.2. The van der Waals surface area contributed by atoms with Crippen molar-refractivity contribution in [2.75, 3.05) is 13.2 Å². The van der Waals surface area contributed by atoms with E-state index in [4.69, 9.17) is 14.0 Å². The molecule has 11 heteroatoms. The van der Waals surface area contributed by atoms with Gasteiger partial charge in [0.25, 0.3) is 10.1 Å². The summed E-state index contributed by atoms with van der Waals surface area (Å²) in [6, 6.07) is 0. The first-order valence-corrected chi connectivity index (χ1v) is 10.1. The van der Waals surface area contributed by atoms with Gasteiger partial charge in [-0.1, -0.05) is 52.4 Å². The fraction of sp³-hybridized carbons (Fsp3) is 0.875. The molecular formula is C16H33Na3O7S. The second kappa shape index (κ2) is 22.5. The van der Waals surface area contributed by atoms with Gasteiger partial charge in [-0.05, 0) is 12.8 Å². The van der Waals surface area contributed by atoms with Gasteiger partial charge in [-0.15, -0.1) is 0 Å². The molecule has 0 saturated carbocycles. The number of rotatable bonds is 14. The van der Waals surface area contributed by atoms with Crippen LogP contribution in [0.3, 0.4) is 0 Å². The zero-order valence-corrected chi connectivity index (χ0v) is 15.5. The van der Waals surface area contributed by atoms with Crippen LogP contribution in [0.4, 0.5) is 0 Å². The van der Waals surface area contributed by atoms with Crippen LogP contribution < -0.4 is 0 Å².